The largest absolute Gasteiger partial charge is 0.455 e. The third-order valence-electron chi connectivity index (χ3n) is 4.20. The van der Waals surface area contributed by atoms with Crippen molar-refractivity contribution in [3.8, 4) is 0 Å². The van der Waals surface area contributed by atoms with E-state index in [2.05, 4.69) is 10.1 Å². The molecule has 2 rings (SSSR count). The van der Waals surface area contributed by atoms with Gasteiger partial charge >= 0.3 is 5.97 Å². The quantitative estimate of drug-likeness (QED) is 0.638. The van der Waals surface area contributed by atoms with Gasteiger partial charge in [0.05, 0.1) is 0 Å². The summed E-state index contributed by atoms with van der Waals surface area (Å²) in [5.74, 6) is -5.32. The summed E-state index contributed by atoms with van der Waals surface area (Å²) in [4.78, 5) is 33.9. The van der Waals surface area contributed by atoms with E-state index in [1.807, 2.05) is 0 Å². The number of carbonyl (C=O) groups is 3. The molecule has 1 saturated carbocycles. The lowest BCUT2D eigenvalue weighted by Gasteiger charge is -2.20. The maximum atomic E-state index is 13.5. The monoisotopic (exact) mass is 418 g/mol. The lowest BCUT2D eigenvalue weighted by Crippen LogP contribution is -2.39. The Morgan fingerprint density at radius 1 is 1.07 bits per heavy atom. The maximum Gasteiger partial charge on any atom is 0.321 e. The lowest BCUT2D eigenvalue weighted by atomic mass is 9.89. The highest BCUT2D eigenvalue weighted by atomic mass is 32.2. The minimum Gasteiger partial charge on any atom is -0.455 e. The van der Waals surface area contributed by atoms with Crippen molar-refractivity contribution >= 4 is 27.8 Å². The average molecular weight is 418 g/mol. The van der Waals surface area contributed by atoms with Crippen LogP contribution in [0.1, 0.15) is 32.1 Å². The molecule has 8 nitrogen and oxygen atoms in total. The summed E-state index contributed by atoms with van der Waals surface area (Å²) in [5, 5.41) is 2.13. The molecule has 1 aromatic carbocycles. The molecule has 2 amide bonds. The molecular weight excluding hydrogens is 398 g/mol. The van der Waals surface area contributed by atoms with E-state index in [0.717, 1.165) is 37.5 Å². The highest BCUT2D eigenvalue weighted by molar-refractivity contribution is 7.89. The Bertz CT molecular complexity index is 833. The van der Waals surface area contributed by atoms with Crippen molar-refractivity contribution in [1.29, 1.82) is 0 Å². The van der Waals surface area contributed by atoms with Crippen LogP contribution in [0, 0.1) is 17.6 Å². The molecule has 2 N–H and O–H groups in total. The van der Waals surface area contributed by atoms with E-state index in [0.29, 0.717) is 12.8 Å². The van der Waals surface area contributed by atoms with E-state index in [4.69, 9.17) is 0 Å². The number of amides is 2. The third-order valence-corrected chi connectivity index (χ3v) is 5.65. The van der Waals surface area contributed by atoms with Crippen molar-refractivity contribution in [2.24, 2.45) is 5.92 Å². The van der Waals surface area contributed by atoms with Gasteiger partial charge in [-0.3, -0.25) is 19.7 Å². The van der Waals surface area contributed by atoms with E-state index in [9.17, 15) is 31.6 Å². The fraction of sp³-hybridized carbons (Fsp3) is 0.471. The van der Waals surface area contributed by atoms with Crippen molar-refractivity contribution in [2.45, 2.75) is 37.0 Å². The van der Waals surface area contributed by atoms with Gasteiger partial charge in [-0.2, -0.15) is 4.72 Å². The van der Waals surface area contributed by atoms with Gasteiger partial charge in [0.2, 0.25) is 15.9 Å². The Kier molecular flexibility index (Phi) is 7.58. The second-order valence-corrected chi connectivity index (χ2v) is 7.99. The molecule has 0 saturated heterocycles. The number of rotatable bonds is 7. The molecule has 1 aromatic rings. The van der Waals surface area contributed by atoms with Crippen molar-refractivity contribution < 1.29 is 36.3 Å². The Morgan fingerprint density at radius 3 is 2.29 bits per heavy atom. The average Bonchev–Trinajstić information content (AvgIpc) is 2.65. The predicted octanol–water partition coefficient (Wildman–Crippen LogP) is 1.01. The Balaban J connectivity index is 1.79. The third kappa shape index (κ3) is 6.06. The van der Waals surface area contributed by atoms with Crippen LogP contribution in [0.5, 0.6) is 0 Å². The number of ether oxygens (including phenoxy) is 1. The van der Waals surface area contributed by atoms with Gasteiger partial charge in [-0.05, 0) is 25.0 Å². The number of sulfonamides is 1. The van der Waals surface area contributed by atoms with Gasteiger partial charge in [0.25, 0.3) is 5.91 Å². The SMILES string of the molecule is O=C(COC(=O)CNS(=O)(=O)c1c(F)cccc1F)NC(=O)C1CCCCC1. The number of hydrogen-bond donors (Lipinski definition) is 2. The number of nitrogens with one attached hydrogen (secondary N) is 2. The van der Waals surface area contributed by atoms with Gasteiger partial charge in [-0.25, -0.2) is 17.2 Å². The van der Waals surface area contributed by atoms with Gasteiger partial charge in [0.15, 0.2) is 11.5 Å². The molecule has 0 atom stereocenters. The molecule has 0 unspecified atom stereocenters. The first-order chi connectivity index (χ1) is 13.2. The van der Waals surface area contributed by atoms with Gasteiger partial charge in [-0.1, -0.05) is 25.3 Å². The molecule has 0 aliphatic heterocycles. The molecule has 0 spiro atoms. The maximum absolute atomic E-state index is 13.5. The standard InChI is InChI=1S/C17H20F2N2O6S/c18-12-7-4-8-13(19)16(12)28(25,26)20-9-15(23)27-10-14(22)21-17(24)11-5-2-1-3-6-11/h4,7-8,11,20H,1-3,5-6,9-10H2,(H,21,22,24). The fourth-order valence-electron chi connectivity index (χ4n) is 2.80. The molecule has 28 heavy (non-hydrogen) atoms. The van der Waals surface area contributed by atoms with Gasteiger partial charge in [0, 0.05) is 5.92 Å². The van der Waals surface area contributed by atoms with Crippen LogP contribution in [-0.4, -0.2) is 39.4 Å². The number of esters is 1. The summed E-state index contributed by atoms with van der Waals surface area (Å²) in [5.41, 5.74) is 0. The van der Waals surface area contributed by atoms with Crippen LogP contribution in [0.2, 0.25) is 0 Å². The zero-order valence-corrected chi connectivity index (χ0v) is 15.7. The van der Waals surface area contributed by atoms with E-state index in [1.54, 1.807) is 4.72 Å². The molecule has 11 heteroatoms. The van der Waals surface area contributed by atoms with Crippen LogP contribution >= 0.6 is 0 Å². The van der Waals surface area contributed by atoms with Crippen LogP contribution in [0.4, 0.5) is 8.78 Å². The molecule has 154 valence electrons. The zero-order valence-electron chi connectivity index (χ0n) is 14.9. The van der Waals surface area contributed by atoms with Crippen molar-refractivity contribution in [3.05, 3.63) is 29.8 Å². The first-order valence-electron chi connectivity index (χ1n) is 8.63. The summed E-state index contributed by atoms with van der Waals surface area (Å²) in [6.45, 7) is -1.73. The molecule has 0 aromatic heterocycles. The molecule has 0 bridgehead atoms. The van der Waals surface area contributed by atoms with Crippen molar-refractivity contribution in [3.63, 3.8) is 0 Å². The topological polar surface area (TPSA) is 119 Å². The Labute approximate surface area is 160 Å². The van der Waals surface area contributed by atoms with Gasteiger partial charge < -0.3 is 4.74 Å². The van der Waals surface area contributed by atoms with Crippen LogP contribution in [0.25, 0.3) is 0 Å². The Morgan fingerprint density at radius 2 is 1.68 bits per heavy atom. The normalized spacial score (nSPS) is 15.1. The Hall–Kier alpha value is -2.40. The number of hydrogen-bond acceptors (Lipinski definition) is 6. The first-order valence-corrected chi connectivity index (χ1v) is 10.1. The molecule has 1 aliphatic rings. The summed E-state index contributed by atoms with van der Waals surface area (Å²) in [6, 6.07) is 2.50. The summed E-state index contributed by atoms with van der Waals surface area (Å²) < 4.78 is 57.2. The molecule has 1 aliphatic carbocycles. The molecular formula is C17H20F2N2O6S. The number of benzene rings is 1. The van der Waals surface area contributed by atoms with E-state index in [-0.39, 0.29) is 5.92 Å². The first kappa shape index (κ1) is 21.9. The van der Waals surface area contributed by atoms with Crippen LogP contribution < -0.4 is 10.0 Å². The second kappa shape index (κ2) is 9.69. The molecule has 1 fully saturated rings. The van der Waals surface area contributed by atoms with Crippen LogP contribution in [0.15, 0.2) is 23.1 Å². The molecule has 0 heterocycles. The number of carbonyl (C=O) groups excluding carboxylic acids is 3. The zero-order chi connectivity index (χ0) is 20.7. The lowest BCUT2D eigenvalue weighted by molar-refractivity contribution is -0.149. The number of halogens is 2. The minimum atomic E-state index is -4.64. The highest BCUT2D eigenvalue weighted by Gasteiger charge is 2.25. The highest BCUT2D eigenvalue weighted by Crippen LogP contribution is 2.23. The van der Waals surface area contributed by atoms with E-state index < -0.39 is 57.5 Å². The van der Waals surface area contributed by atoms with E-state index >= 15 is 0 Å². The predicted molar refractivity (Wildman–Crippen MR) is 92.2 cm³/mol. The van der Waals surface area contributed by atoms with Crippen molar-refractivity contribution in [1.82, 2.24) is 10.0 Å². The fourth-order valence-corrected chi connectivity index (χ4v) is 3.90. The molecule has 0 radical (unpaired) electrons. The summed E-state index contributed by atoms with van der Waals surface area (Å²) in [7, 11) is -4.64. The van der Waals surface area contributed by atoms with Crippen LogP contribution in [0.3, 0.4) is 0 Å². The summed E-state index contributed by atoms with van der Waals surface area (Å²) >= 11 is 0. The van der Waals surface area contributed by atoms with Gasteiger partial charge in [-0.15, -0.1) is 0 Å². The van der Waals surface area contributed by atoms with Crippen LogP contribution in [-0.2, 0) is 29.1 Å². The van der Waals surface area contributed by atoms with E-state index in [1.165, 1.54) is 0 Å². The van der Waals surface area contributed by atoms with Gasteiger partial charge in [0.1, 0.15) is 18.2 Å². The summed E-state index contributed by atoms with van der Waals surface area (Å²) in [6.07, 6.45) is 4.23. The van der Waals surface area contributed by atoms with Crippen molar-refractivity contribution in [2.75, 3.05) is 13.2 Å². The second-order valence-electron chi connectivity index (χ2n) is 6.28. The number of imide groups is 1. The minimum absolute atomic E-state index is 0.254. The smallest absolute Gasteiger partial charge is 0.321 e.